The van der Waals surface area contributed by atoms with Crippen LogP contribution in [0.25, 0.3) is 0 Å². The smallest absolute Gasteiger partial charge is 0.281 e. The monoisotopic (exact) mass is 260 g/mol. The number of carbonyl (C=O) groups excluding carboxylic acids is 1. The molecule has 6 heteroatoms. The zero-order valence-electron chi connectivity index (χ0n) is 8.03. The summed E-state index contributed by atoms with van der Waals surface area (Å²) in [4.78, 5) is 10.9. The van der Waals surface area contributed by atoms with E-state index in [-0.39, 0.29) is 0 Å². The minimum atomic E-state index is -4.56. The standard InChI is InChI=1S/C9H9Cl2F3O/c1-8(2)4(6(8)7(11)15)3-5(10)9(12,13)14/h3-4,6H,1-2H3. The quantitative estimate of drug-likeness (QED) is 0.692. The van der Waals surface area contributed by atoms with Crippen LogP contribution < -0.4 is 0 Å². The second-order valence-corrected chi connectivity index (χ2v) is 4.92. The number of alkyl halides is 3. The minimum absolute atomic E-state index is 0.531. The lowest BCUT2D eigenvalue weighted by Crippen LogP contribution is -2.07. The van der Waals surface area contributed by atoms with Gasteiger partial charge < -0.3 is 0 Å². The average molecular weight is 261 g/mol. The molecule has 0 aliphatic heterocycles. The van der Waals surface area contributed by atoms with Gasteiger partial charge in [-0.15, -0.1) is 0 Å². The molecule has 1 nitrogen and oxygen atoms in total. The van der Waals surface area contributed by atoms with Crippen molar-refractivity contribution >= 4 is 28.4 Å². The number of allylic oxidation sites excluding steroid dienone is 2. The number of rotatable bonds is 2. The third-order valence-electron chi connectivity index (χ3n) is 2.75. The van der Waals surface area contributed by atoms with Crippen molar-refractivity contribution in [3.05, 3.63) is 11.1 Å². The topological polar surface area (TPSA) is 17.1 Å². The summed E-state index contributed by atoms with van der Waals surface area (Å²) in [5.41, 5.74) is -0.537. The van der Waals surface area contributed by atoms with Crippen molar-refractivity contribution in [3.8, 4) is 0 Å². The van der Waals surface area contributed by atoms with Gasteiger partial charge in [-0.05, 0) is 22.9 Å². The van der Waals surface area contributed by atoms with Gasteiger partial charge >= 0.3 is 6.18 Å². The first-order valence-corrected chi connectivity index (χ1v) is 4.98. The fourth-order valence-electron chi connectivity index (χ4n) is 1.67. The largest absolute Gasteiger partial charge is 0.426 e. The van der Waals surface area contributed by atoms with Crippen LogP contribution in [-0.2, 0) is 4.79 Å². The van der Waals surface area contributed by atoms with Crippen molar-refractivity contribution in [3.63, 3.8) is 0 Å². The fourth-order valence-corrected chi connectivity index (χ4v) is 2.23. The van der Waals surface area contributed by atoms with Crippen LogP contribution in [0, 0.1) is 17.3 Å². The summed E-state index contributed by atoms with van der Waals surface area (Å²) in [5, 5.41) is -1.81. The summed E-state index contributed by atoms with van der Waals surface area (Å²) >= 11 is 10.3. The van der Waals surface area contributed by atoms with Gasteiger partial charge in [-0.1, -0.05) is 31.5 Å². The lowest BCUT2D eigenvalue weighted by Gasteiger charge is -2.04. The van der Waals surface area contributed by atoms with Gasteiger partial charge in [0.1, 0.15) is 5.03 Å². The van der Waals surface area contributed by atoms with E-state index in [1.807, 2.05) is 0 Å². The Labute approximate surface area is 95.2 Å². The summed E-state index contributed by atoms with van der Waals surface area (Å²) in [7, 11) is 0. The number of halogens is 5. The van der Waals surface area contributed by atoms with E-state index < -0.39 is 33.7 Å². The number of hydrogen-bond acceptors (Lipinski definition) is 1. The van der Waals surface area contributed by atoms with E-state index >= 15 is 0 Å². The van der Waals surface area contributed by atoms with Gasteiger partial charge in [0.25, 0.3) is 0 Å². The molecule has 0 radical (unpaired) electrons. The van der Waals surface area contributed by atoms with Gasteiger partial charge in [0, 0.05) is 5.92 Å². The van der Waals surface area contributed by atoms with E-state index in [0.717, 1.165) is 6.08 Å². The molecule has 15 heavy (non-hydrogen) atoms. The molecule has 0 N–H and O–H groups in total. The van der Waals surface area contributed by atoms with E-state index in [0.29, 0.717) is 0 Å². The lowest BCUT2D eigenvalue weighted by molar-refractivity contribution is -0.113. The average Bonchev–Trinajstić information content (AvgIpc) is 2.50. The third kappa shape index (κ3) is 2.48. The predicted molar refractivity (Wildman–Crippen MR) is 51.6 cm³/mol. The van der Waals surface area contributed by atoms with Crippen LogP contribution in [0.4, 0.5) is 13.2 Å². The zero-order valence-corrected chi connectivity index (χ0v) is 9.54. The first-order chi connectivity index (χ1) is 6.58. The highest BCUT2D eigenvalue weighted by molar-refractivity contribution is 6.64. The summed E-state index contributed by atoms with van der Waals surface area (Å²) in [5.74, 6) is -1.10. The van der Waals surface area contributed by atoms with Crippen LogP contribution in [0.5, 0.6) is 0 Å². The van der Waals surface area contributed by atoms with Crippen molar-refractivity contribution in [1.29, 1.82) is 0 Å². The van der Waals surface area contributed by atoms with E-state index in [9.17, 15) is 18.0 Å². The molecule has 0 heterocycles. The summed E-state index contributed by atoms with van der Waals surface area (Å²) in [6.07, 6.45) is -3.69. The first-order valence-electron chi connectivity index (χ1n) is 4.22. The SMILES string of the molecule is CC1(C)C(C=C(Cl)C(F)(F)F)C1C(=O)Cl. The Bertz CT molecular complexity index is 320. The Morgan fingerprint density at radius 3 is 2.07 bits per heavy atom. The molecule has 2 atom stereocenters. The van der Waals surface area contributed by atoms with Crippen LogP contribution in [-0.4, -0.2) is 11.4 Å². The molecule has 1 fully saturated rings. The van der Waals surface area contributed by atoms with E-state index in [2.05, 4.69) is 0 Å². The molecular weight excluding hydrogens is 252 g/mol. The maximum Gasteiger partial charge on any atom is 0.426 e. The summed E-state index contributed by atoms with van der Waals surface area (Å²) in [6.45, 7) is 3.36. The molecule has 0 aromatic heterocycles. The highest BCUT2D eigenvalue weighted by atomic mass is 35.5. The molecule has 0 saturated heterocycles. The maximum absolute atomic E-state index is 12.1. The van der Waals surface area contributed by atoms with Crippen LogP contribution >= 0.6 is 23.2 Å². The van der Waals surface area contributed by atoms with Crippen molar-refractivity contribution in [2.75, 3.05) is 0 Å². The Kier molecular flexibility index (Phi) is 3.14. The van der Waals surface area contributed by atoms with Crippen molar-refractivity contribution < 1.29 is 18.0 Å². The van der Waals surface area contributed by atoms with Gasteiger partial charge in [0.05, 0.1) is 0 Å². The van der Waals surface area contributed by atoms with Gasteiger partial charge in [0.15, 0.2) is 0 Å². The maximum atomic E-state index is 12.1. The first kappa shape index (κ1) is 12.8. The van der Waals surface area contributed by atoms with Gasteiger partial charge in [-0.3, -0.25) is 4.79 Å². The molecule has 0 aromatic carbocycles. The Hall–Kier alpha value is -0.220. The molecule has 0 amide bonds. The normalized spacial score (nSPS) is 30.2. The molecule has 1 aliphatic carbocycles. The molecule has 86 valence electrons. The lowest BCUT2D eigenvalue weighted by atomic mass is 10.1. The fraction of sp³-hybridized carbons (Fsp3) is 0.667. The van der Waals surface area contributed by atoms with E-state index in [1.54, 1.807) is 13.8 Å². The van der Waals surface area contributed by atoms with Crippen molar-refractivity contribution in [1.82, 2.24) is 0 Å². The highest BCUT2D eigenvalue weighted by Crippen LogP contribution is 2.60. The minimum Gasteiger partial charge on any atom is -0.281 e. The van der Waals surface area contributed by atoms with E-state index in [1.165, 1.54) is 0 Å². The molecule has 0 aromatic rings. The predicted octanol–water partition coefficient (Wildman–Crippen LogP) is 3.71. The zero-order chi connectivity index (χ0) is 12.0. The number of carbonyl (C=O) groups is 1. The molecule has 0 bridgehead atoms. The van der Waals surface area contributed by atoms with Crippen molar-refractivity contribution in [2.45, 2.75) is 20.0 Å². The molecule has 1 aliphatic rings. The summed E-state index contributed by atoms with van der Waals surface area (Å²) in [6, 6.07) is 0. The highest BCUT2D eigenvalue weighted by Gasteiger charge is 2.60. The third-order valence-corrected chi connectivity index (χ3v) is 3.33. The molecule has 1 rings (SSSR count). The van der Waals surface area contributed by atoms with Gasteiger partial charge in [-0.2, -0.15) is 13.2 Å². The van der Waals surface area contributed by atoms with Crippen molar-refractivity contribution in [2.24, 2.45) is 17.3 Å². The van der Waals surface area contributed by atoms with E-state index in [4.69, 9.17) is 23.2 Å². The Morgan fingerprint density at radius 1 is 1.33 bits per heavy atom. The molecule has 0 spiro atoms. The second kappa shape index (κ2) is 3.67. The number of hydrogen-bond donors (Lipinski definition) is 0. The van der Waals surface area contributed by atoms with Crippen LogP contribution in [0.15, 0.2) is 11.1 Å². The molecular formula is C9H9Cl2F3O. The van der Waals surface area contributed by atoms with Gasteiger partial charge in [-0.25, -0.2) is 0 Å². The van der Waals surface area contributed by atoms with Gasteiger partial charge in [0.2, 0.25) is 5.24 Å². The Morgan fingerprint density at radius 2 is 1.80 bits per heavy atom. The van der Waals surface area contributed by atoms with Crippen LogP contribution in [0.1, 0.15) is 13.8 Å². The molecule has 2 unspecified atom stereocenters. The summed E-state index contributed by atoms with van der Waals surface area (Å²) < 4.78 is 36.3. The Balaban J connectivity index is 2.83. The second-order valence-electron chi connectivity index (χ2n) is 4.14. The van der Waals surface area contributed by atoms with Crippen LogP contribution in [0.2, 0.25) is 0 Å². The van der Waals surface area contributed by atoms with Crippen LogP contribution in [0.3, 0.4) is 0 Å². The molecule has 1 saturated carbocycles.